The lowest BCUT2D eigenvalue weighted by Crippen LogP contribution is -2.38. The molecule has 0 aliphatic carbocycles. The van der Waals surface area contributed by atoms with Gasteiger partial charge in [-0.25, -0.2) is 0 Å². The number of carboxylic acids is 1. The second-order valence-electron chi connectivity index (χ2n) is 6.59. The van der Waals surface area contributed by atoms with Crippen molar-refractivity contribution in [3.63, 3.8) is 0 Å². The van der Waals surface area contributed by atoms with Crippen molar-refractivity contribution in [1.82, 2.24) is 10.6 Å². The Hall–Kier alpha value is -1.59. The standard InChI is InChI=1S/C19H36N2O4/c1-2-3-4-5-6-7-8-9-10-11-12-13-14-17(22)20-15-18(23)21-16-19(24)25/h2-16H2,1H3,(H,20,22)(H,21,23)(H,24,25). The number of rotatable bonds is 17. The third-order valence-electron chi connectivity index (χ3n) is 4.14. The van der Waals surface area contributed by atoms with E-state index in [1.165, 1.54) is 57.8 Å². The van der Waals surface area contributed by atoms with E-state index in [2.05, 4.69) is 17.6 Å². The van der Waals surface area contributed by atoms with Crippen molar-refractivity contribution < 1.29 is 19.5 Å². The van der Waals surface area contributed by atoms with Crippen molar-refractivity contribution in [3.8, 4) is 0 Å². The molecule has 0 unspecified atom stereocenters. The number of amides is 2. The van der Waals surface area contributed by atoms with Gasteiger partial charge in [-0.3, -0.25) is 14.4 Å². The van der Waals surface area contributed by atoms with Crippen LogP contribution in [0.4, 0.5) is 0 Å². The molecule has 0 bridgehead atoms. The van der Waals surface area contributed by atoms with Gasteiger partial charge in [-0.05, 0) is 6.42 Å². The Kier molecular flexibility index (Phi) is 16.1. The lowest BCUT2D eigenvalue weighted by Gasteiger charge is -2.05. The highest BCUT2D eigenvalue weighted by atomic mass is 16.4. The van der Waals surface area contributed by atoms with Gasteiger partial charge in [0.25, 0.3) is 0 Å². The fourth-order valence-corrected chi connectivity index (χ4v) is 2.63. The fourth-order valence-electron chi connectivity index (χ4n) is 2.63. The molecular formula is C19H36N2O4. The SMILES string of the molecule is CCCCCCCCCCCCCCC(=O)NCC(=O)NCC(=O)O. The summed E-state index contributed by atoms with van der Waals surface area (Å²) in [6, 6.07) is 0. The maximum atomic E-state index is 11.6. The molecule has 0 aromatic carbocycles. The summed E-state index contributed by atoms with van der Waals surface area (Å²) < 4.78 is 0. The van der Waals surface area contributed by atoms with Gasteiger partial charge in [0.15, 0.2) is 0 Å². The Morgan fingerprint density at radius 1 is 0.640 bits per heavy atom. The summed E-state index contributed by atoms with van der Waals surface area (Å²) in [4.78, 5) is 33.1. The summed E-state index contributed by atoms with van der Waals surface area (Å²) in [6.07, 6.45) is 15.4. The normalized spacial score (nSPS) is 10.4. The molecule has 0 aliphatic heterocycles. The molecule has 0 rings (SSSR count). The second kappa shape index (κ2) is 17.2. The molecule has 0 radical (unpaired) electrons. The molecule has 3 N–H and O–H groups in total. The minimum atomic E-state index is -1.10. The van der Waals surface area contributed by atoms with Gasteiger partial charge in [-0.1, -0.05) is 77.6 Å². The van der Waals surface area contributed by atoms with Gasteiger partial charge in [0.05, 0.1) is 6.54 Å². The van der Waals surface area contributed by atoms with Crippen molar-refractivity contribution in [2.45, 2.75) is 90.4 Å². The van der Waals surface area contributed by atoms with E-state index < -0.39 is 18.4 Å². The van der Waals surface area contributed by atoms with Crippen molar-refractivity contribution in [2.75, 3.05) is 13.1 Å². The molecule has 0 aromatic rings. The lowest BCUT2D eigenvalue weighted by molar-refractivity contribution is -0.137. The Morgan fingerprint density at radius 3 is 1.56 bits per heavy atom. The van der Waals surface area contributed by atoms with Crippen LogP contribution >= 0.6 is 0 Å². The van der Waals surface area contributed by atoms with E-state index in [1.807, 2.05) is 0 Å². The molecule has 0 saturated heterocycles. The Labute approximate surface area is 152 Å². The highest BCUT2D eigenvalue weighted by Crippen LogP contribution is 2.12. The van der Waals surface area contributed by atoms with E-state index in [4.69, 9.17) is 5.11 Å². The average Bonchev–Trinajstić information content (AvgIpc) is 2.59. The number of aliphatic carboxylic acids is 1. The van der Waals surface area contributed by atoms with Crippen LogP contribution in [0.5, 0.6) is 0 Å². The van der Waals surface area contributed by atoms with Crippen LogP contribution in [0.1, 0.15) is 90.4 Å². The molecule has 0 spiro atoms. The molecule has 2 amide bonds. The Balaban J connectivity index is 3.29. The van der Waals surface area contributed by atoms with Crippen LogP contribution in [0.2, 0.25) is 0 Å². The molecule has 25 heavy (non-hydrogen) atoms. The first-order valence-corrected chi connectivity index (χ1v) is 9.81. The molecule has 6 heteroatoms. The van der Waals surface area contributed by atoms with Crippen LogP contribution < -0.4 is 10.6 Å². The van der Waals surface area contributed by atoms with Crippen molar-refractivity contribution in [3.05, 3.63) is 0 Å². The van der Waals surface area contributed by atoms with Gasteiger partial charge < -0.3 is 15.7 Å². The third kappa shape index (κ3) is 18.6. The number of carbonyl (C=O) groups excluding carboxylic acids is 2. The van der Waals surface area contributed by atoms with E-state index in [9.17, 15) is 14.4 Å². The molecule has 0 heterocycles. The Bertz CT molecular complexity index is 372. The summed E-state index contributed by atoms with van der Waals surface area (Å²) in [5.74, 6) is -1.74. The van der Waals surface area contributed by atoms with Crippen LogP contribution in [-0.2, 0) is 14.4 Å². The first-order valence-electron chi connectivity index (χ1n) is 9.81. The van der Waals surface area contributed by atoms with Crippen molar-refractivity contribution >= 4 is 17.8 Å². The zero-order valence-electron chi connectivity index (χ0n) is 15.8. The first kappa shape index (κ1) is 23.4. The largest absolute Gasteiger partial charge is 0.480 e. The van der Waals surface area contributed by atoms with E-state index in [0.29, 0.717) is 6.42 Å². The summed E-state index contributed by atoms with van der Waals surface area (Å²) >= 11 is 0. The quantitative estimate of drug-likeness (QED) is 0.348. The van der Waals surface area contributed by atoms with Gasteiger partial charge in [0.2, 0.25) is 11.8 Å². The highest BCUT2D eigenvalue weighted by molar-refractivity contribution is 5.86. The maximum absolute atomic E-state index is 11.6. The molecule has 0 atom stereocenters. The van der Waals surface area contributed by atoms with E-state index >= 15 is 0 Å². The average molecular weight is 357 g/mol. The zero-order valence-corrected chi connectivity index (χ0v) is 15.8. The third-order valence-corrected chi connectivity index (χ3v) is 4.14. The van der Waals surface area contributed by atoms with Crippen LogP contribution in [0.3, 0.4) is 0 Å². The molecule has 146 valence electrons. The van der Waals surface area contributed by atoms with Crippen LogP contribution in [0.25, 0.3) is 0 Å². The van der Waals surface area contributed by atoms with Gasteiger partial charge in [-0.2, -0.15) is 0 Å². The van der Waals surface area contributed by atoms with E-state index in [-0.39, 0.29) is 12.5 Å². The number of carbonyl (C=O) groups is 3. The number of unbranched alkanes of at least 4 members (excludes halogenated alkanes) is 11. The first-order chi connectivity index (χ1) is 12.1. The maximum Gasteiger partial charge on any atom is 0.322 e. The smallest absolute Gasteiger partial charge is 0.322 e. The van der Waals surface area contributed by atoms with Crippen LogP contribution in [-0.4, -0.2) is 36.0 Å². The monoisotopic (exact) mass is 356 g/mol. The van der Waals surface area contributed by atoms with Gasteiger partial charge in [-0.15, -0.1) is 0 Å². The summed E-state index contributed by atoms with van der Waals surface area (Å²) in [5.41, 5.74) is 0. The van der Waals surface area contributed by atoms with E-state index in [0.717, 1.165) is 19.3 Å². The Morgan fingerprint density at radius 2 is 1.08 bits per heavy atom. The molecule has 0 saturated carbocycles. The lowest BCUT2D eigenvalue weighted by atomic mass is 10.0. The van der Waals surface area contributed by atoms with Gasteiger partial charge >= 0.3 is 5.97 Å². The predicted octanol–water partition coefficient (Wildman–Crippen LogP) is 3.39. The highest BCUT2D eigenvalue weighted by Gasteiger charge is 2.06. The number of nitrogens with one attached hydrogen (secondary N) is 2. The zero-order chi connectivity index (χ0) is 18.8. The van der Waals surface area contributed by atoms with Crippen LogP contribution in [0.15, 0.2) is 0 Å². The second-order valence-corrected chi connectivity index (χ2v) is 6.59. The van der Waals surface area contributed by atoms with Gasteiger partial charge in [0, 0.05) is 6.42 Å². The topological polar surface area (TPSA) is 95.5 Å². The van der Waals surface area contributed by atoms with Gasteiger partial charge in [0.1, 0.15) is 6.54 Å². The number of carboxylic acid groups (broad SMARTS) is 1. The molecule has 0 aliphatic rings. The summed E-state index contributed by atoms with van der Waals surface area (Å²) in [7, 11) is 0. The summed E-state index contributed by atoms with van der Waals surface area (Å²) in [6.45, 7) is 1.65. The number of hydrogen-bond acceptors (Lipinski definition) is 3. The van der Waals surface area contributed by atoms with Crippen LogP contribution in [0, 0.1) is 0 Å². The molecular weight excluding hydrogens is 320 g/mol. The van der Waals surface area contributed by atoms with E-state index in [1.54, 1.807) is 0 Å². The minimum absolute atomic E-state index is 0.155. The fraction of sp³-hybridized carbons (Fsp3) is 0.842. The summed E-state index contributed by atoms with van der Waals surface area (Å²) in [5, 5.41) is 13.1. The molecule has 6 nitrogen and oxygen atoms in total. The minimum Gasteiger partial charge on any atom is -0.480 e. The number of hydrogen-bond donors (Lipinski definition) is 3. The predicted molar refractivity (Wildman–Crippen MR) is 99.4 cm³/mol. The molecule has 0 aromatic heterocycles. The van der Waals surface area contributed by atoms with Crippen molar-refractivity contribution in [2.24, 2.45) is 0 Å². The van der Waals surface area contributed by atoms with Crippen molar-refractivity contribution in [1.29, 1.82) is 0 Å². The molecule has 0 fully saturated rings.